The number of amides is 1. The second-order valence-electron chi connectivity index (χ2n) is 6.58. The lowest BCUT2D eigenvalue weighted by Gasteiger charge is -2.24. The van der Waals surface area contributed by atoms with Crippen molar-refractivity contribution in [3.8, 4) is 5.69 Å². The molecule has 1 atom stereocenters. The summed E-state index contributed by atoms with van der Waals surface area (Å²) in [7, 11) is 1.96. The number of hydrogen-bond acceptors (Lipinski definition) is 3. The lowest BCUT2D eigenvalue weighted by atomic mass is 9.92. The molecule has 0 bridgehead atoms. The normalized spacial score (nSPS) is 16.5. The van der Waals surface area contributed by atoms with E-state index >= 15 is 0 Å². The van der Waals surface area contributed by atoms with Gasteiger partial charge in [0.1, 0.15) is 0 Å². The third kappa shape index (κ3) is 2.84. The van der Waals surface area contributed by atoms with Crippen molar-refractivity contribution in [1.29, 1.82) is 0 Å². The van der Waals surface area contributed by atoms with Crippen LogP contribution in [0.15, 0.2) is 43.1 Å². The summed E-state index contributed by atoms with van der Waals surface area (Å²) in [4.78, 5) is 17.1. The van der Waals surface area contributed by atoms with Crippen molar-refractivity contribution in [1.82, 2.24) is 24.6 Å². The van der Waals surface area contributed by atoms with Crippen molar-refractivity contribution in [2.45, 2.75) is 32.2 Å². The molecule has 6 heteroatoms. The lowest BCUT2D eigenvalue weighted by Crippen LogP contribution is -2.31. The number of nitrogens with zero attached hydrogens (tertiary/aromatic N) is 4. The van der Waals surface area contributed by atoms with Gasteiger partial charge < -0.3 is 9.88 Å². The molecule has 1 aromatic carbocycles. The summed E-state index contributed by atoms with van der Waals surface area (Å²) in [6, 6.07) is 5.91. The molecule has 0 spiro atoms. The van der Waals surface area contributed by atoms with Gasteiger partial charge in [-0.2, -0.15) is 5.10 Å². The monoisotopic (exact) mass is 335 g/mol. The Morgan fingerprint density at radius 3 is 3.04 bits per heavy atom. The van der Waals surface area contributed by atoms with Gasteiger partial charge in [0.05, 0.1) is 29.8 Å². The molecule has 6 nitrogen and oxygen atoms in total. The van der Waals surface area contributed by atoms with Crippen LogP contribution in [0.1, 0.15) is 46.1 Å². The van der Waals surface area contributed by atoms with E-state index in [0.717, 1.165) is 36.1 Å². The highest BCUT2D eigenvalue weighted by molar-refractivity contribution is 5.98. The summed E-state index contributed by atoms with van der Waals surface area (Å²) in [6.45, 7) is 1.99. The van der Waals surface area contributed by atoms with Gasteiger partial charge in [0, 0.05) is 30.7 Å². The maximum Gasteiger partial charge on any atom is 0.253 e. The number of benzene rings is 1. The second-order valence-corrected chi connectivity index (χ2v) is 6.58. The Labute approximate surface area is 146 Å². The third-order valence-corrected chi connectivity index (χ3v) is 4.86. The van der Waals surface area contributed by atoms with Crippen LogP contribution in [0, 0.1) is 6.92 Å². The summed E-state index contributed by atoms with van der Waals surface area (Å²) in [5.41, 5.74) is 4.91. The molecule has 1 aliphatic carbocycles. The minimum Gasteiger partial charge on any atom is -0.345 e. The summed E-state index contributed by atoms with van der Waals surface area (Å²) in [5, 5.41) is 7.56. The molecule has 0 saturated heterocycles. The molecule has 1 aliphatic rings. The Balaban J connectivity index is 1.65. The molecule has 1 amide bonds. The van der Waals surface area contributed by atoms with Crippen molar-refractivity contribution in [3.05, 3.63) is 65.5 Å². The van der Waals surface area contributed by atoms with E-state index in [2.05, 4.69) is 15.4 Å². The SMILES string of the molecule is Cc1ccc(-n2ccnc2)c(C(=O)N[C@H]2CCCc3c2cnn3C)c1. The number of imidazole rings is 1. The zero-order valence-electron chi connectivity index (χ0n) is 14.4. The highest BCUT2D eigenvalue weighted by atomic mass is 16.1. The average Bonchev–Trinajstić information content (AvgIpc) is 3.26. The highest BCUT2D eigenvalue weighted by Gasteiger charge is 2.26. The van der Waals surface area contributed by atoms with Gasteiger partial charge in [0.25, 0.3) is 5.91 Å². The van der Waals surface area contributed by atoms with Crippen molar-refractivity contribution in [3.63, 3.8) is 0 Å². The molecule has 0 saturated carbocycles. The third-order valence-electron chi connectivity index (χ3n) is 4.86. The fraction of sp³-hybridized carbons (Fsp3) is 0.316. The quantitative estimate of drug-likeness (QED) is 0.800. The molecule has 0 aliphatic heterocycles. The van der Waals surface area contributed by atoms with E-state index < -0.39 is 0 Å². The topological polar surface area (TPSA) is 64.7 Å². The first-order valence-corrected chi connectivity index (χ1v) is 8.54. The number of aryl methyl sites for hydroxylation is 2. The smallest absolute Gasteiger partial charge is 0.253 e. The van der Waals surface area contributed by atoms with Crippen molar-refractivity contribution >= 4 is 5.91 Å². The predicted molar refractivity (Wildman–Crippen MR) is 94.7 cm³/mol. The van der Waals surface area contributed by atoms with Gasteiger partial charge in [-0.15, -0.1) is 0 Å². The Kier molecular flexibility index (Phi) is 3.87. The minimum atomic E-state index is -0.0610. The van der Waals surface area contributed by atoms with Crippen LogP contribution in [0.4, 0.5) is 0 Å². The number of aromatic nitrogens is 4. The van der Waals surface area contributed by atoms with E-state index in [1.165, 1.54) is 5.69 Å². The van der Waals surface area contributed by atoms with Crippen LogP contribution in [0.5, 0.6) is 0 Å². The minimum absolute atomic E-state index is 0.0149. The standard InChI is InChI=1S/C19H21N5O/c1-13-6-7-18(24-9-8-20-12-24)14(10-13)19(25)22-16-4-3-5-17-15(16)11-21-23(17)2/h6-12,16H,3-5H2,1-2H3,(H,22,25)/t16-/m0/s1. The van der Waals surface area contributed by atoms with E-state index in [4.69, 9.17) is 0 Å². The number of fused-ring (bicyclic) bond motifs is 1. The van der Waals surface area contributed by atoms with Crippen molar-refractivity contribution < 1.29 is 4.79 Å². The molecule has 2 aromatic heterocycles. The van der Waals surface area contributed by atoms with Crippen LogP contribution < -0.4 is 5.32 Å². The summed E-state index contributed by atoms with van der Waals surface area (Å²) in [5.74, 6) is -0.0610. The number of carbonyl (C=O) groups is 1. The van der Waals surface area contributed by atoms with Gasteiger partial charge in [0.15, 0.2) is 0 Å². The van der Waals surface area contributed by atoms with Crippen molar-refractivity contribution in [2.24, 2.45) is 7.05 Å². The maximum absolute atomic E-state index is 13.0. The van der Waals surface area contributed by atoms with Crippen LogP contribution in [0.25, 0.3) is 5.69 Å². The summed E-state index contributed by atoms with van der Waals surface area (Å²) < 4.78 is 3.78. The number of nitrogens with one attached hydrogen (secondary N) is 1. The molecule has 0 fully saturated rings. The van der Waals surface area contributed by atoms with Crippen LogP contribution in [-0.4, -0.2) is 25.2 Å². The predicted octanol–water partition coefficient (Wildman–Crippen LogP) is 2.72. The molecule has 0 radical (unpaired) electrons. The number of hydrogen-bond donors (Lipinski definition) is 1. The molecule has 2 heterocycles. The molecular weight excluding hydrogens is 314 g/mol. The van der Waals surface area contributed by atoms with E-state index in [-0.39, 0.29) is 11.9 Å². The first-order chi connectivity index (χ1) is 12.1. The first kappa shape index (κ1) is 15.6. The molecular formula is C19H21N5O. The van der Waals surface area contributed by atoms with Gasteiger partial charge in [0.2, 0.25) is 0 Å². The zero-order chi connectivity index (χ0) is 17.4. The Bertz CT molecular complexity index is 910. The highest BCUT2D eigenvalue weighted by Crippen LogP contribution is 2.29. The average molecular weight is 335 g/mol. The van der Waals surface area contributed by atoms with Gasteiger partial charge in [-0.1, -0.05) is 11.6 Å². The second kappa shape index (κ2) is 6.20. The Morgan fingerprint density at radius 1 is 1.36 bits per heavy atom. The number of carbonyl (C=O) groups excluding carboxylic acids is 1. The fourth-order valence-corrected chi connectivity index (χ4v) is 3.55. The van der Waals surface area contributed by atoms with Gasteiger partial charge in [-0.3, -0.25) is 9.48 Å². The molecule has 3 aromatic rings. The molecule has 1 N–H and O–H groups in total. The van der Waals surface area contributed by atoms with Gasteiger partial charge >= 0.3 is 0 Å². The zero-order valence-corrected chi connectivity index (χ0v) is 14.4. The first-order valence-electron chi connectivity index (χ1n) is 8.54. The molecule has 25 heavy (non-hydrogen) atoms. The Hall–Kier alpha value is -2.89. The van der Waals surface area contributed by atoms with Crippen LogP contribution in [0.2, 0.25) is 0 Å². The summed E-state index contributed by atoms with van der Waals surface area (Å²) >= 11 is 0. The van der Waals surface area contributed by atoms with Gasteiger partial charge in [-0.05, 0) is 38.3 Å². The fourth-order valence-electron chi connectivity index (χ4n) is 3.55. The molecule has 128 valence electrons. The van der Waals surface area contributed by atoms with E-state index in [1.807, 2.05) is 53.8 Å². The van der Waals surface area contributed by atoms with E-state index in [9.17, 15) is 4.79 Å². The summed E-state index contributed by atoms with van der Waals surface area (Å²) in [6.07, 6.45) is 10.2. The number of rotatable bonds is 3. The van der Waals surface area contributed by atoms with Crippen LogP contribution in [-0.2, 0) is 13.5 Å². The van der Waals surface area contributed by atoms with Crippen molar-refractivity contribution in [2.75, 3.05) is 0 Å². The van der Waals surface area contributed by atoms with Crippen LogP contribution >= 0.6 is 0 Å². The van der Waals surface area contributed by atoms with E-state index in [1.54, 1.807) is 12.5 Å². The van der Waals surface area contributed by atoms with E-state index in [0.29, 0.717) is 5.56 Å². The molecule has 4 rings (SSSR count). The van der Waals surface area contributed by atoms with Crippen LogP contribution in [0.3, 0.4) is 0 Å². The lowest BCUT2D eigenvalue weighted by molar-refractivity contribution is 0.0932. The molecule has 0 unspecified atom stereocenters. The maximum atomic E-state index is 13.0. The Morgan fingerprint density at radius 2 is 2.24 bits per heavy atom. The largest absolute Gasteiger partial charge is 0.345 e. The van der Waals surface area contributed by atoms with Gasteiger partial charge in [-0.25, -0.2) is 4.98 Å².